The minimum absolute atomic E-state index is 0.138. The van der Waals surface area contributed by atoms with E-state index >= 15 is 0 Å². The molecule has 104 valence electrons. The van der Waals surface area contributed by atoms with Crippen molar-refractivity contribution in [1.29, 1.82) is 0 Å². The number of halogens is 2. The Kier molecular flexibility index (Phi) is 4.30. The van der Waals surface area contributed by atoms with Crippen molar-refractivity contribution >= 4 is 5.71 Å². The second-order valence-corrected chi connectivity index (χ2v) is 4.17. The lowest BCUT2D eigenvalue weighted by Crippen LogP contribution is -2.05. The van der Waals surface area contributed by atoms with E-state index in [0.29, 0.717) is 17.0 Å². The van der Waals surface area contributed by atoms with E-state index in [1.165, 1.54) is 18.2 Å². The van der Waals surface area contributed by atoms with Gasteiger partial charge in [-0.3, -0.25) is 0 Å². The SMILES string of the molecule is C/C(=N/O)c1ccccc1OCc1c(F)cccc1F. The topological polar surface area (TPSA) is 41.8 Å². The molecule has 2 rings (SSSR count). The van der Waals surface area contributed by atoms with Gasteiger partial charge in [0.15, 0.2) is 0 Å². The Labute approximate surface area is 115 Å². The largest absolute Gasteiger partial charge is 0.488 e. The number of rotatable bonds is 4. The molecule has 2 aromatic rings. The summed E-state index contributed by atoms with van der Waals surface area (Å²) in [6.45, 7) is 1.36. The summed E-state index contributed by atoms with van der Waals surface area (Å²) in [7, 11) is 0. The first-order valence-electron chi connectivity index (χ1n) is 5.97. The second-order valence-electron chi connectivity index (χ2n) is 4.17. The summed E-state index contributed by atoms with van der Waals surface area (Å²) < 4.78 is 32.4. The third-order valence-corrected chi connectivity index (χ3v) is 2.86. The van der Waals surface area contributed by atoms with Crippen molar-refractivity contribution in [1.82, 2.24) is 0 Å². The summed E-state index contributed by atoms with van der Waals surface area (Å²) in [5, 5.41) is 11.9. The van der Waals surface area contributed by atoms with E-state index in [1.54, 1.807) is 31.2 Å². The molecule has 0 aliphatic rings. The smallest absolute Gasteiger partial charge is 0.132 e. The van der Waals surface area contributed by atoms with Gasteiger partial charge in [-0.25, -0.2) is 8.78 Å². The van der Waals surface area contributed by atoms with Crippen molar-refractivity contribution in [3.05, 3.63) is 65.2 Å². The molecule has 0 bridgehead atoms. The van der Waals surface area contributed by atoms with Crippen molar-refractivity contribution in [3.63, 3.8) is 0 Å². The maximum Gasteiger partial charge on any atom is 0.132 e. The van der Waals surface area contributed by atoms with Crippen molar-refractivity contribution in [2.24, 2.45) is 5.16 Å². The molecule has 2 aromatic carbocycles. The van der Waals surface area contributed by atoms with Crippen LogP contribution in [0, 0.1) is 11.6 Å². The molecule has 0 atom stereocenters. The zero-order valence-electron chi connectivity index (χ0n) is 10.8. The first-order chi connectivity index (χ1) is 9.63. The lowest BCUT2D eigenvalue weighted by molar-refractivity contribution is 0.291. The van der Waals surface area contributed by atoms with Crippen LogP contribution >= 0.6 is 0 Å². The van der Waals surface area contributed by atoms with Crippen molar-refractivity contribution in [2.45, 2.75) is 13.5 Å². The van der Waals surface area contributed by atoms with Crippen LogP contribution in [0.3, 0.4) is 0 Å². The highest BCUT2D eigenvalue weighted by Gasteiger charge is 2.11. The van der Waals surface area contributed by atoms with Crippen molar-refractivity contribution in [2.75, 3.05) is 0 Å². The molecule has 0 amide bonds. The number of hydrogen-bond acceptors (Lipinski definition) is 3. The summed E-state index contributed by atoms with van der Waals surface area (Å²) in [5.41, 5.74) is 0.780. The fraction of sp³-hybridized carbons (Fsp3) is 0.133. The van der Waals surface area contributed by atoms with Gasteiger partial charge in [0, 0.05) is 5.56 Å². The molecule has 0 saturated heterocycles. The minimum atomic E-state index is -0.657. The first-order valence-corrected chi connectivity index (χ1v) is 5.97. The van der Waals surface area contributed by atoms with E-state index in [2.05, 4.69) is 5.16 Å². The lowest BCUT2D eigenvalue weighted by Gasteiger charge is -2.11. The summed E-state index contributed by atoms with van der Waals surface area (Å²) in [6.07, 6.45) is 0. The van der Waals surface area contributed by atoms with Gasteiger partial charge in [0.1, 0.15) is 24.0 Å². The standard InChI is InChI=1S/C15H13F2NO2/c1-10(18-19)11-5-2-3-8-15(11)20-9-12-13(16)6-4-7-14(12)17/h2-8,19H,9H2,1H3/b18-10-. The second kappa shape index (κ2) is 6.14. The Morgan fingerprint density at radius 1 is 1.10 bits per heavy atom. The van der Waals surface area contributed by atoms with Gasteiger partial charge < -0.3 is 9.94 Å². The van der Waals surface area contributed by atoms with Gasteiger partial charge >= 0.3 is 0 Å². The van der Waals surface area contributed by atoms with Gasteiger partial charge in [-0.15, -0.1) is 0 Å². The van der Waals surface area contributed by atoms with E-state index in [4.69, 9.17) is 9.94 Å². The monoisotopic (exact) mass is 277 g/mol. The number of benzene rings is 2. The molecule has 5 heteroatoms. The first kappa shape index (κ1) is 14.0. The molecule has 0 heterocycles. The van der Waals surface area contributed by atoms with Crippen LogP contribution in [0.4, 0.5) is 8.78 Å². The average molecular weight is 277 g/mol. The van der Waals surface area contributed by atoms with Gasteiger partial charge in [-0.2, -0.15) is 0 Å². The molecular formula is C15H13F2NO2. The van der Waals surface area contributed by atoms with Gasteiger partial charge in [0.2, 0.25) is 0 Å². The van der Waals surface area contributed by atoms with Crippen molar-refractivity contribution < 1.29 is 18.7 Å². The van der Waals surface area contributed by atoms with Gasteiger partial charge in [0.05, 0.1) is 11.3 Å². The van der Waals surface area contributed by atoms with E-state index in [0.717, 1.165) is 0 Å². The number of oxime groups is 1. The van der Waals surface area contributed by atoms with Crippen LogP contribution < -0.4 is 4.74 Å². The summed E-state index contributed by atoms with van der Waals surface area (Å²) in [5.74, 6) is -0.921. The highest BCUT2D eigenvalue weighted by molar-refractivity contribution is 6.00. The van der Waals surface area contributed by atoms with Crippen LogP contribution in [0.25, 0.3) is 0 Å². The summed E-state index contributed by atoms with van der Waals surface area (Å²) in [6, 6.07) is 10.5. The van der Waals surface area contributed by atoms with Gasteiger partial charge in [-0.05, 0) is 31.2 Å². The quantitative estimate of drug-likeness (QED) is 0.525. The maximum absolute atomic E-state index is 13.5. The van der Waals surface area contributed by atoms with E-state index in [9.17, 15) is 8.78 Å². The molecule has 0 aliphatic heterocycles. The zero-order valence-corrected chi connectivity index (χ0v) is 10.8. The lowest BCUT2D eigenvalue weighted by atomic mass is 10.1. The minimum Gasteiger partial charge on any atom is -0.488 e. The molecule has 0 aliphatic carbocycles. The average Bonchev–Trinajstić information content (AvgIpc) is 2.46. The van der Waals surface area contributed by atoms with E-state index in [1.807, 2.05) is 0 Å². The molecule has 3 nitrogen and oxygen atoms in total. The molecule has 0 unspecified atom stereocenters. The Balaban J connectivity index is 2.24. The zero-order chi connectivity index (χ0) is 14.5. The van der Waals surface area contributed by atoms with Crippen LogP contribution in [-0.4, -0.2) is 10.9 Å². The third-order valence-electron chi connectivity index (χ3n) is 2.86. The molecule has 0 aromatic heterocycles. The highest BCUT2D eigenvalue weighted by Crippen LogP contribution is 2.21. The van der Waals surface area contributed by atoms with Crippen molar-refractivity contribution in [3.8, 4) is 5.75 Å². The Morgan fingerprint density at radius 2 is 1.75 bits per heavy atom. The van der Waals surface area contributed by atoms with Crippen LogP contribution in [0.5, 0.6) is 5.75 Å². The van der Waals surface area contributed by atoms with E-state index in [-0.39, 0.29) is 12.2 Å². The van der Waals surface area contributed by atoms with Gasteiger partial charge in [-0.1, -0.05) is 23.4 Å². The number of ether oxygens (including phenoxy) is 1. The van der Waals surface area contributed by atoms with Gasteiger partial charge in [0.25, 0.3) is 0 Å². The molecule has 0 fully saturated rings. The van der Waals surface area contributed by atoms with Crippen LogP contribution in [0.1, 0.15) is 18.1 Å². The summed E-state index contributed by atoms with van der Waals surface area (Å²) in [4.78, 5) is 0. The number of hydrogen-bond donors (Lipinski definition) is 1. The predicted molar refractivity (Wildman–Crippen MR) is 71.1 cm³/mol. The molecule has 0 spiro atoms. The molecule has 0 saturated carbocycles. The Bertz CT molecular complexity index is 621. The Hall–Kier alpha value is -2.43. The highest BCUT2D eigenvalue weighted by atomic mass is 19.1. The molecular weight excluding hydrogens is 264 g/mol. The maximum atomic E-state index is 13.5. The molecule has 1 N–H and O–H groups in total. The van der Waals surface area contributed by atoms with Crippen LogP contribution in [0.15, 0.2) is 47.6 Å². The predicted octanol–water partition coefficient (Wildman–Crippen LogP) is 3.74. The van der Waals surface area contributed by atoms with Crippen LogP contribution in [-0.2, 0) is 6.61 Å². The molecule has 0 radical (unpaired) electrons. The fourth-order valence-corrected chi connectivity index (χ4v) is 1.77. The van der Waals surface area contributed by atoms with E-state index < -0.39 is 11.6 Å². The summed E-state index contributed by atoms with van der Waals surface area (Å²) >= 11 is 0. The molecule has 20 heavy (non-hydrogen) atoms. The Morgan fingerprint density at radius 3 is 2.40 bits per heavy atom. The normalized spacial score (nSPS) is 11.4. The number of para-hydroxylation sites is 1. The number of nitrogens with zero attached hydrogens (tertiary/aromatic N) is 1. The van der Waals surface area contributed by atoms with Crippen LogP contribution in [0.2, 0.25) is 0 Å². The fourth-order valence-electron chi connectivity index (χ4n) is 1.77. The third kappa shape index (κ3) is 2.93.